The summed E-state index contributed by atoms with van der Waals surface area (Å²) in [6.45, 7) is 0. The summed E-state index contributed by atoms with van der Waals surface area (Å²) in [5, 5.41) is 3.74. The first-order valence-electron chi connectivity index (χ1n) is 9.05. The maximum atomic E-state index is 12.8. The van der Waals surface area contributed by atoms with E-state index in [4.69, 9.17) is 13.9 Å². The molecule has 0 unspecified atom stereocenters. The Kier molecular flexibility index (Phi) is 4.91. The summed E-state index contributed by atoms with van der Waals surface area (Å²) < 4.78 is 16.3. The molecule has 1 aromatic heterocycles. The van der Waals surface area contributed by atoms with Gasteiger partial charge in [0.1, 0.15) is 11.3 Å². The molecule has 4 aromatic rings. The predicted octanol–water partition coefficient (Wildman–Crippen LogP) is 4.14. The lowest BCUT2D eigenvalue weighted by Gasteiger charge is -2.09. The molecule has 0 fully saturated rings. The number of carbonyl (C=O) groups excluding carboxylic acids is 1. The van der Waals surface area contributed by atoms with Crippen LogP contribution in [0.3, 0.4) is 0 Å². The van der Waals surface area contributed by atoms with Crippen molar-refractivity contribution in [2.75, 3.05) is 19.5 Å². The molecule has 0 spiro atoms. The van der Waals surface area contributed by atoms with E-state index in [0.29, 0.717) is 33.4 Å². The lowest BCUT2D eigenvalue weighted by atomic mass is 10.1. The van der Waals surface area contributed by atoms with E-state index in [0.717, 1.165) is 11.3 Å². The van der Waals surface area contributed by atoms with Crippen molar-refractivity contribution >= 4 is 33.5 Å². The van der Waals surface area contributed by atoms with Gasteiger partial charge in [-0.1, -0.05) is 18.2 Å². The van der Waals surface area contributed by atoms with E-state index in [9.17, 15) is 9.59 Å². The molecule has 0 aliphatic rings. The van der Waals surface area contributed by atoms with Crippen molar-refractivity contribution < 1.29 is 18.7 Å². The molecule has 0 atom stereocenters. The second-order valence-electron chi connectivity index (χ2n) is 6.55. The van der Waals surface area contributed by atoms with E-state index >= 15 is 0 Å². The van der Waals surface area contributed by atoms with Crippen LogP contribution in [0, 0.1) is 0 Å². The van der Waals surface area contributed by atoms with Crippen molar-refractivity contribution in [2.24, 2.45) is 0 Å². The van der Waals surface area contributed by atoms with E-state index < -0.39 is 0 Å². The van der Waals surface area contributed by atoms with Gasteiger partial charge in [0.05, 0.1) is 31.4 Å². The Morgan fingerprint density at radius 2 is 1.76 bits per heavy atom. The monoisotopic (exact) mass is 389 g/mol. The van der Waals surface area contributed by atoms with E-state index in [1.807, 2.05) is 24.3 Å². The molecule has 6 nitrogen and oxygen atoms in total. The van der Waals surface area contributed by atoms with Gasteiger partial charge in [-0.15, -0.1) is 0 Å². The van der Waals surface area contributed by atoms with E-state index in [2.05, 4.69) is 5.32 Å². The van der Waals surface area contributed by atoms with E-state index in [1.165, 1.54) is 7.11 Å². The standard InChI is InChI=1S/C23H19NO5/c1-27-16-9-6-14(7-10-16)12-21(25)24-15-8-11-17-20(13-15)29-23-18(22(17)26)4-3-5-19(23)28-2/h3-11,13H,12H2,1-2H3,(H,24,25). The Hall–Kier alpha value is -3.80. The number of methoxy groups -OCH3 is 2. The number of fused-ring (bicyclic) bond motifs is 2. The zero-order valence-corrected chi connectivity index (χ0v) is 16.0. The van der Waals surface area contributed by atoms with Gasteiger partial charge >= 0.3 is 0 Å². The van der Waals surface area contributed by atoms with Crippen LogP contribution in [0.15, 0.2) is 69.9 Å². The van der Waals surface area contributed by atoms with E-state index in [-0.39, 0.29) is 17.8 Å². The van der Waals surface area contributed by atoms with Crippen LogP contribution in [0.25, 0.3) is 21.9 Å². The number of para-hydroxylation sites is 1. The molecule has 4 rings (SSSR count). The summed E-state index contributed by atoms with van der Waals surface area (Å²) in [7, 11) is 3.12. The van der Waals surface area contributed by atoms with Crippen LogP contribution in [0.2, 0.25) is 0 Å². The molecule has 1 N–H and O–H groups in total. The summed E-state index contributed by atoms with van der Waals surface area (Å²) in [6, 6.07) is 17.5. The lowest BCUT2D eigenvalue weighted by Crippen LogP contribution is -2.14. The minimum atomic E-state index is -0.171. The zero-order chi connectivity index (χ0) is 20.4. The van der Waals surface area contributed by atoms with Crippen LogP contribution >= 0.6 is 0 Å². The largest absolute Gasteiger partial charge is 0.497 e. The Labute approximate surface area is 166 Å². The normalized spacial score (nSPS) is 10.8. The van der Waals surface area contributed by atoms with Gasteiger partial charge in [0, 0.05) is 11.8 Å². The average molecular weight is 389 g/mol. The summed E-state index contributed by atoms with van der Waals surface area (Å²) >= 11 is 0. The van der Waals surface area contributed by atoms with Crippen LogP contribution in [-0.2, 0) is 11.2 Å². The molecule has 1 amide bonds. The molecular weight excluding hydrogens is 370 g/mol. The average Bonchev–Trinajstić information content (AvgIpc) is 2.74. The number of rotatable bonds is 5. The van der Waals surface area contributed by atoms with Gasteiger partial charge in [0.15, 0.2) is 11.3 Å². The highest BCUT2D eigenvalue weighted by Gasteiger charge is 2.13. The molecule has 0 saturated carbocycles. The highest BCUT2D eigenvalue weighted by Crippen LogP contribution is 2.28. The fourth-order valence-corrected chi connectivity index (χ4v) is 3.22. The Morgan fingerprint density at radius 3 is 2.48 bits per heavy atom. The number of ether oxygens (including phenoxy) is 2. The van der Waals surface area contributed by atoms with Crippen LogP contribution in [0.5, 0.6) is 11.5 Å². The minimum absolute atomic E-state index is 0.142. The van der Waals surface area contributed by atoms with Crippen LogP contribution < -0.4 is 20.2 Å². The molecule has 0 aliphatic heterocycles. The van der Waals surface area contributed by atoms with Crippen molar-refractivity contribution in [3.8, 4) is 11.5 Å². The molecule has 0 aliphatic carbocycles. The molecule has 0 bridgehead atoms. The minimum Gasteiger partial charge on any atom is -0.497 e. The fourth-order valence-electron chi connectivity index (χ4n) is 3.22. The highest BCUT2D eigenvalue weighted by atomic mass is 16.5. The Bertz CT molecular complexity index is 1260. The molecule has 3 aromatic carbocycles. The number of nitrogens with one attached hydrogen (secondary N) is 1. The second kappa shape index (κ2) is 7.67. The molecule has 6 heteroatoms. The third-order valence-electron chi connectivity index (χ3n) is 4.69. The first kappa shape index (κ1) is 18.6. The topological polar surface area (TPSA) is 77.8 Å². The predicted molar refractivity (Wildman–Crippen MR) is 112 cm³/mol. The maximum absolute atomic E-state index is 12.8. The van der Waals surface area contributed by atoms with Crippen LogP contribution in [0.1, 0.15) is 5.56 Å². The highest BCUT2D eigenvalue weighted by molar-refractivity contribution is 5.97. The van der Waals surface area contributed by atoms with Gasteiger partial charge in [-0.25, -0.2) is 0 Å². The molecule has 0 saturated heterocycles. The van der Waals surface area contributed by atoms with Gasteiger partial charge in [-0.2, -0.15) is 0 Å². The second-order valence-corrected chi connectivity index (χ2v) is 6.55. The first-order chi connectivity index (χ1) is 14.1. The van der Waals surface area contributed by atoms with E-state index in [1.54, 1.807) is 43.5 Å². The maximum Gasteiger partial charge on any atom is 0.228 e. The lowest BCUT2D eigenvalue weighted by molar-refractivity contribution is -0.115. The van der Waals surface area contributed by atoms with Crippen molar-refractivity contribution in [1.82, 2.24) is 0 Å². The Balaban J connectivity index is 1.63. The number of hydrogen-bond acceptors (Lipinski definition) is 5. The third kappa shape index (κ3) is 3.65. The molecular formula is C23H19NO5. The molecule has 29 heavy (non-hydrogen) atoms. The van der Waals surface area contributed by atoms with Crippen LogP contribution in [0.4, 0.5) is 5.69 Å². The van der Waals surface area contributed by atoms with Gasteiger partial charge in [-0.3, -0.25) is 9.59 Å². The number of hydrogen-bond donors (Lipinski definition) is 1. The van der Waals surface area contributed by atoms with Gasteiger partial charge < -0.3 is 19.2 Å². The first-order valence-corrected chi connectivity index (χ1v) is 9.05. The number of anilines is 1. The van der Waals surface area contributed by atoms with Crippen molar-refractivity contribution in [1.29, 1.82) is 0 Å². The Morgan fingerprint density at radius 1 is 0.966 bits per heavy atom. The quantitative estimate of drug-likeness (QED) is 0.519. The number of amides is 1. The van der Waals surface area contributed by atoms with Crippen molar-refractivity contribution in [3.05, 3.63) is 76.5 Å². The summed E-state index contributed by atoms with van der Waals surface area (Å²) in [5.74, 6) is 1.05. The summed E-state index contributed by atoms with van der Waals surface area (Å²) in [5.41, 5.74) is 2.04. The molecule has 0 radical (unpaired) electrons. The number of carbonyl (C=O) groups is 1. The third-order valence-corrected chi connectivity index (χ3v) is 4.69. The summed E-state index contributed by atoms with van der Waals surface area (Å²) in [4.78, 5) is 25.2. The van der Waals surface area contributed by atoms with Gasteiger partial charge in [0.2, 0.25) is 11.3 Å². The molecule has 146 valence electrons. The number of benzene rings is 3. The summed E-state index contributed by atoms with van der Waals surface area (Å²) in [6.07, 6.45) is 0.220. The molecule has 1 heterocycles. The van der Waals surface area contributed by atoms with Gasteiger partial charge in [-0.05, 0) is 42.0 Å². The smallest absolute Gasteiger partial charge is 0.228 e. The van der Waals surface area contributed by atoms with Crippen molar-refractivity contribution in [3.63, 3.8) is 0 Å². The van der Waals surface area contributed by atoms with Gasteiger partial charge in [0.25, 0.3) is 0 Å². The zero-order valence-electron chi connectivity index (χ0n) is 16.0. The SMILES string of the molecule is COc1ccc(CC(=O)Nc2ccc3c(=O)c4cccc(OC)c4oc3c2)cc1. The van der Waals surface area contributed by atoms with Crippen LogP contribution in [-0.4, -0.2) is 20.1 Å². The fraction of sp³-hybridized carbons (Fsp3) is 0.130. The van der Waals surface area contributed by atoms with Crippen molar-refractivity contribution in [2.45, 2.75) is 6.42 Å².